The van der Waals surface area contributed by atoms with E-state index in [1.807, 2.05) is 42.5 Å². The molecule has 7 heteroatoms. The van der Waals surface area contributed by atoms with Crippen LogP contribution in [0.2, 0.25) is 0 Å². The Morgan fingerprint density at radius 3 is 2.45 bits per heavy atom. The van der Waals surface area contributed by atoms with Crippen LogP contribution < -0.4 is 9.47 Å². The second-order valence-corrected chi connectivity index (χ2v) is 8.34. The number of amides is 2. The van der Waals surface area contributed by atoms with Crippen molar-refractivity contribution in [2.75, 3.05) is 39.5 Å². The predicted molar refractivity (Wildman–Crippen MR) is 115 cm³/mol. The standard InChI is InChI=1S/C24H27N3O4/c28-23-15-20(24(29)27(23)9-8-18-4-2-1-3-5-18)26-12-10-25(11-13-26)16-19-6-7-21-22(14-19)31-17-30-21/h1-7,14,20H,8-13,15-17H2/t20-/m1/s1. The number of nitrogens with zero attached hydrogens (tertiary/aromatic N) is 3. The first-order valence-corrected chi connectivity index (χ1v) is 10.9. The highest BCUT2D eigenvalue weighted by Crippen LogP contribution is 2.33. The lowest BCUT2D eigenvalue weighted by Crippen LogP contribution is -2.52. The zero-order valence-corrected chi connectivity index (χ0v) is 17.5. The fraction of sp³-hybridized carbons (Fsp3) is 0.417. The quantitative estimate of drug-likeness (QED) is 0.664. The Kier molecular flexibility index (Phi) is 5.61. The number of hydrogen-bond donors (Lipinski definition) is 0. The predicted octanol–water partition coefficient (Wildman–Crippen LogP) is 1.90. The molecule has 2 aromatic rings. The van der Waals surface area contributed by atoms with E-state index in [4.69, 9.17) is 9.47 Å². The summed E-state index contributed by atoms with van der Waals surface area (Å²) in [4.78, 5) is 31.5. The Labute approximate surface area is 182 Å². The van der Waals surface area contributed by atoms with Crippen LogP contribution in [0.15, 0.2) is 48.5 Å². The van der Waals surface area contributed by atoms with Gasteiger partial charge < -0.3 is 9.47 Å². The van der Waals surface area contributed by atoms with Crippen LogP contribution in [-0.4, -0.2) is 72.1 Å². The number of imide groups is 1. The van der Waals surface area contributed by atoms with E-state index in [1.165, 1.54) is 10.5 Å². The number of benzene rings is 2. The highest BCUT2D eigenvalue weighted by Gasteiger charge is 2.42. The summed E-state index contributed by atoms with van der Waals surface area (Å²) in [6.45, 7) is 4.91. The molecule has 0 saturated carbocycles. The zero-order valence-electron chi connectivity index (χ0n) is 17.5. The fourth-order valence-corrected chi connectivity index (χ4v) is 4.60. The number of likely N-dealkylation sites (tertiary alicyclic amines) is 1. The monoisotopic (exact) mass is 421 g/mol. The van der Waals surface area contributed by atoms with Crippen molar-refractivity contribution in [1.29, 1.82) is 0 Å². The molecule has 2 aromatic carbocycles. The number of carbonyl (C=O) groups is 2. The van der Waals surface area contributed by atoms with E-state index in [0.29, 0.717) is 19.4 Å². The van der Waals surface area contributed by atoms with Gasteiger partial charge in [0, 0.05) is 39.3 Å². The number of hydrogen-bond acceptors (Lipinski definition) is 6. The van der Waals surface area contributed by atoms with Gasteiger partial charge >= 0.3 is 0 Å². The van der Waals surface area contributed by atoms with Crippen molar-refractivity contribution in [3.05, 3.63) is 59.7 Å². The molecule has 2 fully saturated rings. The van der Waals surface area contributed by atoms with Crippen LogP contribution in [0.4, 0.5) is 0 Å². The Morgan fingerprint density at radius 2 is 1.65 bits per heavy atom. The summed E-state index contributed by atoms with van der Waals surface area (Å²) >= 11 is 0. The summed E-state index contributed by atoms with van der Waals surface area (Å²) in [6.07, 6.45) is 1.00. The normalized spacial score (nSPS) is 21.8. The number of ether oxygens (including phenoxy) is 2. The van der Waals surface area contributed by atoms with Crippen molar-refractivity contribution in [2.24, 2.45) is 0 Å². The van der Waals surface area contributed by atoms with Gasteiger partial charge in [0.2, 0.25) is 18.6 Å². The van der Waals surface area contributed by atoms with Crippen molar-refractivity contribution in [1.82, 2.24) is 14.7 Å². The third-order valence-corrected chi connectivity index (χ3v) is 6.38. The van der Waals surface area contributed by atoms with E-state index < -0.39 is 0 Å². The Hall–Kier alpha value is -2.90. The summed E-state index contributed by atoms with van der Waals surface area (Å²) in [5.74, 6) is 1.52. The number of carbonyl (C=O) groups excluding carboxylic acids is 2. The highest BCUT2D eigenvalue weighted by atomic mass is 16.7. The summed E-state index contributed by atoms with van der Waals surface area (Å²) in [7, 11) is 0. The van der Waals surface area contributed by atoms with Crippen molar-refractivity contribution in [3.63, 3.8) is 0 Å². The molecular formula is C24H27N3O4. The van der Waals surface area contributed by atoms with Gasteiger partial charge in [-0.3, -0.25) is 24.3 Å². The number of fused-ring (bicyclic) bond motifs is 1. The molecule has 0 unspecified atom stereocenters. The molecule has 31 heavy (non-hydrogen) atoms. The van der Waals surface area contributed by atoms with Crippen LogP contribution in [0.3, 0.4) is 0 Å². The topological polar surface area (TPSA) is 62.3 Å². The molecule has 2 saturated heterocycles. The van der Waals surface area contributed by atoms with Gasteiger partial charge in [-0.15, -0.1) is 0 Å². The van der Waals surface area contributed by atoms with Crippen LogP contribution in [0.1, 0.15) is 17.5 Å². The highest BCUT2D eigenvalue weighted by molar-refractivity contribution is 6.05. The van der Waals surface area contributed by atoms with E-state index in [0.717, 1.165) is 49.8 Å². The van der Waals surface area contributed by atoms with Gasteiger partial charge in [0.25, 0.3) is 0 Å². The van der Waals surface area contributed by atoms with Crippen LogP contribution in [-0.2, 0) is 22.6 Å². The lowest BCUT2D eigenvalue weighted by atomic mass is 10.1. The molecule has 3 aliphatic heterocycles. The van der Waals surface area contributed by atoms with E-state index in [1.54, 1.807) is 0 Å². The van der Waals surface area contributed by atoms with Gasteiger partial charge in [0.05, 0.1) is 12.5 Å². The number of piperazine rings is 1. The summed E-state index contributed by atoms with van der Waals surface area (Å²) in [5.41, 5.74) is 2.33. The van der Waals surface area contributed by atoms with Crippen LogP contribution >= 0.6 is 0 Å². The van der Waals surface area contributed by atoms with Gasteiger partial charge in [-0.25, -0.2) is 0 Å². The summed E-state index contributed by atoms with van der Waals surface area (Å²) < 4.78 is 10.8. The Bertz CT molecular complexity index is 957. The Balaban J connectivity index is 1.13. The summed E-state index contributed by atoms with van der Waals surface area (Å²) in [5, 5.41) is 0. The molecular weight excluding hydrogens is 394 g/mol. The molecule has 1 atom stereocenters. The molecule has 0 aliphatic carbocycles. The van der Waals surface area contributed by atoms with E-state index in [-0.39, 0.29) is 24.6 Å². The van der Waals surface area contributed by atoms with E-state index in [9.17, 15) is 9.59 Å². The van der Waals surface area contributed by atoms with Crippen molar-refractivity contribution in [2.45, 2.75) is 25.4 Å². The Morgan fingerprint density at radius 1 is 0.871 bits per heavy atom. The molecule has 162 valence electrons. The maximum Gasteiger partial charge on any atom is 0.247 e. The van der Waals surface area contributed by atoms with Crippen LogP contribution in [0.5, 0.6) is 11.5 Å². The molecule has 0 radical (unpaired) electrons. The third-order valence-electron chi connectivity index (χ3n) is 6.38. The van der Waals surface area contributed by atoms with Gasteiger partial charge in [0.15, 0.2) is 11.5 Å². The first-order valence-electron chi connectivity index (χ1n) is 10.9. The molecule has 5 rings (SSSR count). The van der Waals surface area contributed by atoms with Gasteiger partial charge in [-0.2, -0.15) is 0 Å². The van der Waals surface area contributed by atoms with Crippen LogP contribution in [0.25, 0.3) is 0 Å². The molecule has 3 aliphatic rings. The minimum atomic E-state index is -0.309. The first-order chi connectivity index (χ1) is 15.2. The lowest BCUT2D eigenvalue weighted by molar-refractivity contribution is -0.139. The molecule has 7 nitrogen and oxygen atoms in total. The maximum absolute atomic E-state index is 12.9. The van der Waals surface area contributed by atoms with Crippen LogP contribution in [0, 0.1) is 0 Å². The molecule has 0 aromatic heterocycles. The van der Waals surface area contributed by atoms with Gasteiger partial charge in [-0.1, -0.05) is 36.4 Å². The molecule has 0 spiro atoms. The SMILES string of the molecule is O=C1C[C@@H](N2CCN(Cc3ccc4c(c3)OCO4)CC2)C(=O)N1CCc1ccccc1. The molecule has 0 N–H and O–H groups in total. The van der Waals surface area contributed by atoms with Gasteiger partial charge in [0.1, 0.15) is 0 Å². The second kappa shape index (κ2) is 8.69. The fourth-order valence-electron chi connectivity index (χ4n) is 4.60. The zero-order chi connectivity index (χ0) is 21.2. The number of rotatable bonds is 6. The lowest BCUT2D eigenvalue weighted by Gasteiger charge is -2.37. The minimum Gasteiger partial charge on any atom is -0.454 e. The first kappa shape index (κ1) is 20.0. The molecule has 3 heterocycles. The third kappa shape index (κ3) is 4.29. The van der Waals surface area contributed by atoms with Crippen molar-refractivity contribution >= 4 is 11.8 Å². The minimum absolute atomic E-state index is 0.0369. The smallest absolute Gasteiger partial charge is 0.247 e. The molecule has 2 amide bonds. The largest absolute Gasteiger partial charge is 0.454 e. The average molecular weight is 421 g/mol. The van der Waals surface area contributed by atoms with Crippen molar-refractivity contribution < 1.29 is 19.1 Å². The molecule has 0 bridgehead atoms. The average Bonchev–Trinajstić information content (AvgIpc) is 3.37. The van der Waals surface area contributed by atoms with E-state index in [2.05, 4.69) is 15.9 Å². The second-order valence-electron chi connectivity index (χ2n) is 8.34. The van der Waals surface area contributed by atoms with Crippen molar-refractivity contribution in [3.8, 4) is 11.5 Å². The van der Waals surface area contributed by atoms with Gasteiger partial charge in [-0.05, 0) is 29.7 Å². The van der Waals surface area contributed by atoms with E-state index >= 15 is 0 Å². The summed E-state index contributed by atoms with van der Waals surface area (Å²) in [6, 6.07) is 15.8. The maximum atomic E-state index is 12.9.